The summed E-state index contributed by atoms with van der Waals surface area (Å²) in [4.78, 5) is 0. The van der Waals surface area contributed by atoms with Crippen LogP contribution in [0.3, 0.4) is 0 Å². The van der Waals surface area contributed by atoms with E-state index in [0.29, 0.717) is 6.61 Å². The van der Waals surface area contributed by atoms with Crippen LogP contribution >= 0.6 is 0 Å². The molecule has 0 saturated heterocycles. The van der Waals surface area contributed by atoms with Gasteiger partial charge in [0.05, 0.1) is 5.69 Å². The van der Waals surface area contributed by atoms with Crippen LogP contribution in [0, 0.1) is 6.92 Å². The predicted octanol–water partition coefficient (Wildman–Crippen LogP) is 3.34. The lowest BCUT2D eigenvalue weighted by atomic mass is 10.2. The molecule has 0 atom stereocenters. The zero-order chi connectivity index (χ0) is 10.6. The molecule has 0 unspecified atom stereocenters. The third kappa shape index (κ3) is 2.28. The van der Waals surface area contributed by atoms with Gasteiger partial charge in [-0.2, -0.15) is 0 Å². The Labute approximate surface area is 85.6 Å². The van der Waals surface area contributed by atoms with Crippen molar-refractivity contribution in [3.63, 3.8) is 0 Å². The lowest BCUT2D eigenvalue weighted by Gasteiger charge is -2.20. The van der Waals surface area contributed by atoms with E-state index in [4.69, 9.17) is 4.74 Å². The quantitative estimate of drug-likeness (QED) is 0.679. The van der Waals surface area contributed by atoms with E-state index in [1.54, 1.807) is 0 Å². The zero-order valence-corrected chi connectivity index (χ0v) is 9.05. The average molecular weight is 191 g/mol. The van der Waals surface area contributed by atoms with Crippen LogP contribution in [0.1, 0.15) is 19.4 Å². The fraction of sp³-hybridized carbons (Fsp3) is 0.333. The first-order valence-electron chi connectivity index (χ1n) is 4.94. The van der Waals surface area contributed by atoms with E-state index < -0.39 is 0 Å². The second-order valence-corrected chi connectivity index (χ2v) is 3.02. The van der Waals surface area contributed by atoms with Crippen LogP contribution in [-0.4, -0.2) is 6.61 Å². The van der Waals surface area contributed by atoms with Gasteiger partial charge in [-0.25, -0.2) is 0 Å². The van der Waals surface area contributed by atoms with Crippen molar-refractivity contribution in [1.29, 1.82) is 0 Å². The fourth-order valence-corrected chi connectivity index (χ4v) is 1.24. The Balaban J connectivity index is 0.000000461. The van der Waals surface area contributed by atoms with Gasteiger partial charge in [-0.1, -0.05) is 26.5 Å². The summed E-state index contributed by atoms with van der Waals surface area (Å²) in [7, 11) is 0. The molecule has 1 aromatic rings. The SMILES string of the molecule is C=C1COc2cc(C)ccc2N1.CC. The lowest BCUT2D eigenvalue weighted by Crippen LogP contribution is -2.15. The smallest absolute Gasteiger partial charge is 0.143 e. The van der Waals surface area contributed by atoms with E-state index in [1.807, 2.05) is 39.0 Å². The Morgan fingerprint density at radius 1 is 1.36 bits per heavy atom. The van der Waals surface area contributed by atoms with E-state index in [1.165, 1.54) is 5.56 Å². The summed E-state index contributed by atoms with van der Waals surface area (Å²) in [5.74, 6) is 0.919. The fourth-order valence-electron chi connectivity index (χ4n) is 1.24. The minimum Gasteiger partial charge on any atom is -0.485 e. The molecule has 2 heteroatoms. The summed E-state index contributed by atoms with van der Waals surface area (Å²) in [6.45, 7) is 10.4. The van der Waals surface area contributed by atoms with Crippen molar-refractivity contribution < 1.29 is 4.74 Å². The maximum atomic E-state index is 5.45. The van der Waals surface area contributed by atoms with Gasteiger partial charge in [-0.3, -0.25) is 0 Å². The van der Waals surface area contributed by atoms with Crippen LogP contribution in [0.15, 0.2) is 30.5 Å². The van der Waals surface area contributed by atoms with Crippen LogP contribution < -0.4 is 10.1 Å². The third-order valence-electron chi connectivity index (χ3n) is 1.85. The van der Waals surface area contributed by atoms with Gasteiger partial charge in [-0.05, 0) is 24.6 Å². The van der Waals surface area contributed by atoms with Crippen molar-refractivity contribution in [3.05, 3.63) is 36.0 Å². The number of rotatable bonds is 0. The molecule has 1 aromatic carbocycles. The maximum Gasteiger partial charge on any atom is 0.143 e. The molecule has 0 fully saturated rings. The molecule has 0 saturated carbocycles. The topological polar surface area (TPSA) is 21.3 Å². The van der Waals surface area contributed by atoms with Gasteiger partial charge in [0.2, 0.25) is 0 Å². The minimum atomic E-state index is 0.566. The van der Waals surface area contributed by atoms with Crippen LogP contribution in [0.5, 0.6) is 5.75 Å². The molecule has 1 aliphatic rings. The van der Waals surface area contributed by atoms with Gasteiger partial charge >= 0.3 is 0 Å². The molecule has 0 radical (unpaired) electrons. The Morgan fingerprint density at radius 3 is 2.79 bits per heavy atom. The first kappa shape index (κ1) is 10.6. The van der Waals surface area contributed by atoms with E-state index in [-0.39, 0.29) is 0 Å². The maximum absolute atomic E-state index is 5.45. The van der Waals surface area contributed by atoms with Gasteiger partial charge in [0.25, 0.3) is 0 Å². The van der Waals surface area contributed by atoms with Crippen molar-refractivity contribution in [2.45, 2.75) is 20.8 Å². The Bertz CT molecular complexity index is 331. The summed E-state index contributed by atoms with van der Waals surface area (Å²) in [6, 6.07) is 6.08. The van der Waals surface area contributed by atoms with E-state index >= 15 is 0 Å². The van der Waals surface area contributed by atoms with Gasteiger partial charge < -0.3 is 10.1 Å². The number of hydrogen-bond acceptors (Lipinski definition) is 2. The summed E-state index contributed by atoms with van der Waals surface area (Å²) in [5, 5.41) is 3.17. The van der Waals surface area contributed by atoms with Crippen molar-refractivity contribution in [1.82, 2.24) is 0 Å². The largest absolute Gasteiger partial charge is 0.485 e. The molecule has 14 heavy (non-hydrogen) atoms. The number of benzene rings is 1. The number of hydrogen-bond donors (Lipinski definition) is 1. The molecular formula is C12H17NO. The Hall–Kier alpha value is -1.44. The van der Waals surface area contributed by atoms with Crippen molar-refractivity contribution in [2.75, 3.05) is 11.9 Å². The van der Waals surface area contributed by atoms with Gasteiger partial charge in [0.15, 0.2) is 0 Å². The first-order valence-corrected chi connectivity index (χ1v) is 4.94. The van der Waals surface area contributed by atoms with Gasteiger partial charge in [0, 0.05) is 5.70 Å². The van der Waals surface area contributed by atoms with E-state index in [9.17, 15) is 0 Å². The van der Waals surface area contributed by atoms with E-state index in [0.717, 1.165) is 17.1 Å². The summed E-state index contributed by atoms with van der Waals surface area (Å²) in [5.41, 5.74) is 3.13. The molecule has 1 heterocycles. The van der Waals surface area contributed by atoms with Gasteiger partial charge in [0.1, 0.15) is 12.4 Å². The summed E-state index contributed by atoms with van der Waals surface area (Å²) >= 11 is 0. The molecule has 0 amide bonds. The highest BCUT2D eigenvalue weighted by Gasteiger charge is 2.10. The molecule has 2 nitrogen and oxygen atoms in total. The normalized spacial score (nSPS) is 12.9. The van der Waals surface area contributed by atoms with Crippen molar-refractivity contribution in [3.8, 4) is 5.75 Å². The molecule has 0 spiro atoms. The third-order valence-corrected chi connectivity index (χ3v) is 1.85. The second kappa shape index (κ2) is 4.70. The number of fused-ring (bicyclic) bond motifs is 1. The molecule has 2 rings (SSSR count). The first-order chi connectivity index (χ1) is 6.75. The monoisotopic (exact) mass is 191 g/mol. The van der Waals surface area contributed by atoms with Crippen LogP contribution in [-0.2, 0) is 0 Å². The molecule has 0 bridgehead atoms. The zero-order valence-electron chi connectivity index (χ0n) is 9.05. The molecule has 1 aliphatic heterocycles. The van der Waals surface area contributed by atoms with E-state index in [2.05, 4.69) is 11.9 Å². The highest BCUT2D eigenvalue weighted by Crippen LogP contribution is 2.29. The van der Waals surface area contributed by atoms with Crippen LogP contribution in [0.25, 0.3) is 0 Å². The molecular weight excluding hydrogens is 174 g/mol. The molecule has 1 N–H and O–H groups in total. The van der Waals surface area contributed by atoms with Crippen LogP contribution in [0.2, 0.25) is 0 Å². The molecule has 0 aliphatic carbocycles. The lowest BCUT2D eigenvalue weighted by molar-refractivity contribution is 0.346. The highest BCUT2D eigenvalue weighted by molar-refractivity contribution is 5.62. The second-order valence-electron chi connectivity index (χ2n) is 3.02. The Morgan fingerprint density at radius 2 is 2.07 bits per heavy atom. The van der Waals surface area contributed by atoms with Gasteiger partial charge in [-0.15, -0.1) is 0 Å². The number of ether oxygens (including phenoxy) is 1. The standard InChI is InChI=1S/C10H11NO.C2H6/c1-7-3-4-9-10(5-7)12-6-8(2)11-9;1-2/h3-5,11H,2,6H2,1H3;1-2H3. The average Bonchev–Trinajstić information content (AvgIpc) is 2.21. The van der Waals surface area contributed by atoms with Crippen LogP contribution in [0.4, 0.5) is 5.69 Å². The predicted molar refractivity (Wildman–Crippen MR) is 60.8 cm³/mol. The van der Waals surface area contributed by atoms with Crippen molar-refractivity contribution in [2.24, 2.45) is 0 Å². The highest BCUT2D eigenvalue weighted by atomic mass is 16.5. The summed E-state index contributed by atoms with van der Waals surface area (Å²) < 4.78 is 5.45. The van der Waals surface area contributed by atoms with Crippen molar-refractivity contribution >= 4 is 5.69 Å². The molecule has 76 valence electrons. The Kier molecular flexibility index (Phi) is 3.57. The number of anilines is 1. The number of nitrogens with one attached hydrogen (secondary N) is 1. The number of aryl methyl sites for hydroxylation is 1. The minimum absolute atomic E-state index is 0.566. The summed E-state index contributed by atoms with van der Waals surface area (Å²) in [6.07, 6.45) is 0. The molecule has 0 aromatic heterocycles.